The molecule has 0 saturated heterocycles. The third-order valence-corrected chi connectivity index (χ3v) is 0.710. The molecule has 0 aromatic heterocycles. The summed E-state index contributed by atoms with van der Waals surface area (Å²) >= 11 is 0. The Balaban J connectivity index is 3.21. The zero-order valence-electron chi connectivity index (χ0n) is 5.28. The third kappa shape index (κ3) is 6.68. The largest absolute Gasteiger partial charge is 0.120 e. The van der Waals surface area contributed by atoms with Crippen molar-refractivity contribution in [3.8, 4) is 36.5 Å². The van der Waals surface area contributed by atoms with Crippen LogP contribution in [-0.2, 0) is 0 Å². The van der Waals surface area contributed by atoms with Crippen molar-refractivity contribution >= 4 is 0 Å². The maximum absolute atomic E-state index is 4.99. The van der Waals surface area contributed by atoms with E-state index in [4.69, 9.17) is 12.8 Å². The quantitative estimate of drug-likeness (QED) is 0.359. The average Bonchev–Trinajstić information content (AvgIpc) is 1.89. The zero-order valence-corrected chi connectivity index (χ0v) is 5.28. The highest BCUT2D eigenvalue weighted by atomic mass is 13.7. The lowest BCUT2D eigenvalue weighted by atomic mass is 10.3. The van der Waals surface area contributed by atoms with Crippen LogP contribution in [-0.4, -0.2) is 0 Å². The van der Waals surface area contributed by atoms with Crippen LogP contribution in [0.3, 0.4) is 0 Å². The molecule has 0 heterocycles. The van der Waals surface area contributed by atoms with Gasteiger partial charge < -0.3 is 0 Å². The molecule has 9 heavy (non-hydrogen) atoms. The first-order valence-corrected chi connectivity index (χ1v) is 2.74. The van der Waals surface area contributed by atoms with Crippen molar-refractivity contribution in [1.29, 1.82) is 0 Å². The van der Waals surface area contributed by atoms with Crippen molar-refractivity contribution in [3.63, 3.8) is 0 Å². The predicted molar refractivity (Wildman–Crippen MR) is 39.3 cm³/mol. The first-order valence-electron chi connectivity index (χ1n) is 2.74. The van der Waals surface area contributed by atoms with Crippen molar-refractivity contribution in [2.75, 3.05) is 0 Å². The molecule has 0 aliphatic carbocycles. The first-order chi connectivity index (χ1) is 4.41. The van der Waals surface area contributed by atoms with E-state index in [1.54, 1.807) is 0 Å². The number of terminal acetylenes is 2. The van der Waals surface area contributed by atoms with Gasteiger partial charge in [-0.15, -0.1) is 24.7 Å². The number of unbranched alkanes of at least 4 members (excludes halogenated alkanes) is 1. The zero-order chi connectivity index (χ0) is 6.95. The van der Waals surface area contributed by atoms with Gasteiger partial charge in [-0.25, -0.2) is 0 Å². The van der Waals surface area contributed by atoms with Crippen LogP contribution < -0.4 is 0 Å². The van der Waals surface area contributed by atoms with Crippen LogP contribution in [0, 0.1) is 36.5 Å². The van der Waals surface area contributed by atoms with Gasteiger partial charge in [0.2, 0.25) is 0 Å². The van der Waals surface area contributed by atoms with E-state index >= 15 is 0 Å². The van der Waals surface area contributed by atoms with E-state index in [0.717, 1.165) is 12.8 Å². The summed E-state index contributed by atoms with van der Waals surface area (Å²) in [6.45, 7) is 0. The molecule has 0 amide bonds. The van der Waals surface area contributed by atoms with E-state index in [9.17, 15) is 0 Å². The van der Waals surface area contributed by atoms with Gasteiger partial charge in [-0.3, -0.25) is 0 Å². The van der Waals surface area contributed by atoms with E-state index in [0.29, 0.717) is 6.42 Å². The Morgan fingerprint density at radius 1 is 0.889 bits per heavy atom. The summed E-state index contributed by atoms with van der Waals surface area (Å²) in [6.07, 6.45) is 11.9. The minimum absolute atomic E-state index is 0.532. The second kappa shape index (κ2) is 6.68. The minimum atomic E-state index is 0.532. The van der Waals surface area contributed by atoms with Gasteiger partial charge in [0.15, 0.2) is 0 Å². The SMILES string of the molecule is C#CCC#CCCC#C. The van der Waals surface area contributed by atoms with Crippen LogP contribution in [0.1, 0.15) is 19.3 Å². The predicted octanol–water partition coefficient (Wildman–Crippen LogP) is 1.43. The Labute approximate surface area is 56.7 Å². The summed E-state index contributed by atoms with van der Waals surface area (Å²) in [5.41, 5.74) is 0. The van der Waals surface area contributed by atoms with Crippen LogP contribution in [0.4, 0.5) is 0 Å². The van der Waals surface area contributed by atoms with Crippen LogP contribution in [0.2, 0.25) is 0 Å². The monoisotopic (exact) mass is 116 g/mol. The van der Waals surface area contributed by atoms with Gasteiger partial charge in [0.25, 0.3) is 0 Å². The molecule has 0 aromatic carbocycles. The van der Waals surface area contributed by atoms with Gasteiger partial charge >= 0.3 is 0 Å². The molecule has 0 N–H and O–H groups in total. The Hall–Kier alpha value is -1.32. The van der Waals surface area contributed by atoms with Crippen LogP contribution in [0.25, 0.3) is 0 Å². The van der Waals surface area contributed by atoms with Crippen molar-refractivity contribution < 1.29 is 0 Å². The van der Waals surface area contributed by atoms with Gasteiger partial charge in [-0.05, 0) is 0 Å². The number of rotatable bonds is 1. The lowest BCUT2D eigenvalue weighted by Crippen LogP contribution is -1.63. The highest BCUT2D eigenvalue weighted by molar-refractivity contribution is 5.08. The molecule has 0 heteroatoms. The molecule has 0 spiro atoms. The highest BCUT2D eigenvalue weighted by Gasteiger charge is 1.70. The standard InChI is InChI=1S/C9H8/c1-3-5-7-9-8-6-4-2/h1-2H,5-7H2. The minimum Gasteiger partial charge on any atom is -0.120 e. The van der Waals surface area contributed by atoms with Crippen LogP contribution in [0.5, 0.6) is 0 Å². The molecular weight excluding hydrogens is 108 g/mol. The number of hydrogen-bond acceptors (Lipinski definition) is 0. The van der Waals surface area contributed by atoms with Gasteiger partial charge in [-0.1, -0.05) is 11.8 Å². The van der Waals surface area contributed by atoms with E-state index in [1.807, 2.05) is 0 Å². The molecule has 0 rings (SSSR count). The van der Waals surface area contributed by atoms with Gasteiger partial charge in [0.1, 0.15) is 0 Å². The summed E-state index contributed by atoms with van der Waals surface area (Å²) in [4.78, 5) is 0. The second-order valence-corrected chi connectivity index (χ2v) is 1.44. The Morgan fingerprint density at radius 2 is 1.67 bits per heavy atom. The van der Waals surface area contributed by atoms with Crippen molar-refractivity contribution in [2.45, 2.75) is 19.3 Å². The number of hydrogen-bond donors (Lipinski definition) is 0. The fourth-order valence-electron chi connectivity index (χ4n) is 0.337. The van der Waals surface area contributed by atoms with E-state index in [2.05, 4.69) is 23.7 Å². The summed E-state index contributed by atoms with van der Waals surface area (Å²) < 4.78 is 0. The Bertz CT molecular complexity index is 187. The molecule has 0 saturated carbocycles. The molecule has 0 fully saturated rings. The molecule has 0 aliphatic rings. The topological polar surface area (TPSA) is 0 Å². The molecule has 0 aliphatic heterocycles. The molecule has 44 valence electrons. The summed E-state index contributed by atoms with van der Waals surface area (Å²) in [7, 11) is 0. The molecule has 0 radical (unpaired) electrons. The van der Waals surface area contributed by atoms with E-state index in [-0.39, 0.29) is 0 Å². The fourth-order valence-corrected chi connectivity index (χ4v) is 0.337. The Morgan fingerprint density at radius 3 is 2.22 bits per heavy atom. The lowest BCUT2D eigenvalue weighted by Gasteiger charge is -1.74. The summed E-state index contributed by atoms with van der Waals surface area (Å²) in [5.74, 6) is 10.6. The highest BCUT2D eigenvalue weighted by Crippen LogP contribution is 1.81. The van der Waals surface area contributed by atoms with Crippen molar-refractivity contribution in [2.24, 2.45) is 0 Å². The van der Waals surface area contributed by atoms with Gasteiger partial charge in [0, 0.05) is 12.8 Å². The lowest BCUT2D eigenvalue weighted by molar-refractivity contribution is 1.12. The molecule has 0 nitrogen and oxygen atoms in total. The molecule has 0 unspecified atom stereocenters. The molecular formula is C9H8. The van der Waals surface area contributed by atoms with E-state index < -0.39 is 0 Å². The smallest absolute Gasteiger partial charge is 0.0700 e. The van der Waals surface area contributed by atoms with Crippen molar-refractivity contribution in [3.05, 3.63) is 0 Å². The summed E-state index contributed by atoms with van der Waals surface area (Å²) in [6, 6.07) is 0. The molecule has 0 atom stereocenters. The second-order valence-electron chi connectivity index (χ2n) is 1.44. The maximum atomic E-state index is 4.99. The van der Waals surface area contributed by atoms with Gasteiger partial charge in [0.05, 0.1) is 6.42 Å². The Kier molecular flexibility index (Phi) is 5.70. The average molecular weight is 116 g/mol. The normalized spacial score (nSPS) is 6.00. The molecule has 0 bridgehead atoms. The molecule has 0 aromatic rings. The van der Waals surface area contributed by atoms with Crippen LogP contribution >= 0.6 is 0 Å². The summed E-state index contributed by atoms with van der Waals surface area (Å²) in [5, 5.41) is 0. The fraction of sp³-hybridized carbons (Fsp3) is 0.333. The van der Waals surface area contributed by atoms with Crippen molar-refractivity contribution in [1.82, 2.24) is 0 Å². The van der Waals surface area contributed by atoms with E-state index in [1.165, 1.54) is 0 Å². The maximum Gasteiger partial charge on any atom is 0.0700 e. The van der Waals surface area contributed by atoms with Gasteiger partial charge in [-0.2, -0.15) is 0 Å². The third-order valence-electron chi connectivity index (χ3n) is 0.710. The first kappa shape index (κ1) is 7.68. The van der Waals surface area contributed by atoms with Crippen LogP contribution in [0.15, 0.2) is 0 Å².